The first-order valence-corrected chi connectivity index (χ1v) is 9.11. The number of anilines is 1. The highest BCUT2D eigenvalue weighted by Crippen LogP contribution is 2.44. The maximum absolute atomic E-state index is 12.7. The van der Waals surface area contributed by atoms with Crippen molar-refractivity contribution in [3.8, 4) is 0 Å². The molecule has 1 aromatic heterocycles. The second-order valence-corrected chi connectivity index (χ2v) is 9.11. The second-order valence-electron chi connectivity index (χ2n) is 7.73. The van der Waals surface area contributed by atoms with Crippen LogP contribution in [0.1, 0.15) is 61.8 Å². The minimum atomic E-state index is -0.580. The highest BCUT2D eigenvalue weighted by Gasteiger charge is 2.34. The molecule has 0 fully saturated rings. The van der Waals surface area contributed by atoms with Gasteiger partial charge in [-0.15, -0.1) is 22.9 Å². The maximum atomic E-state index is 12.7. The van der Waals surface area contributed by atoms with Crippen LogP contribution in [0.4, 0.5) is 5.00 Å². The average Bonchev–Trinajstić information content (AvgIpc) is 2.72. The Kier molecular flexibility index (Phi) is 5.12. The number of rotatable bonds is 3. The smallest absolute Gasteiger partial charge is 0.341 e. The molecule has 6 heteroatoms. The van der Waals surface area contributed by atoms with Crippen LogP contribution >= 0.6 is 22.9 Å². The summed E-state index contributed by atoms with van der Waals surface area (Å²) in [5, 5.41) is 3.32. The van der Waals surface area contributed by atoms with Gasteiger partial charge in [-0.3, -0.25) is 4.79 Å². The number of esters is 1. The Labute approximate surface area is 146 Å². The molecule has 0 spiro atoms. The topological polar surface area (TPSA) is 55.4 Å². The van der Waals surface area contributed by atoms with Crippen molar-refractivity contribution < 1.29 is 14.3 Å². The van der Waals surface area contributed by atoms with Crippen LogP contribution in [0.2, 0.25) is 0 Å². The third-order valence-electron chi connectivity index (χ3n) is 3.75. The van der Waals surface area contributed by atoms with Gasteiger partial charge in [-0.1, -0.05) is 13.8 Å². The van der Waals surface area contributed by atoms with Gasteiger partial charge in [0.05, 0.1) is 5.56 Å². The highest BCUT2D eigenvalue weighted by molar-refractivity contribution is 7.17. The first-order chi connectivity index (χ1) is 10.5. The van der Waals surface area contributed by atoms with Gasteiger partial charge in [0.15, 0.2) is 0 Å². The van der Waals surface area contributed by atoms with Crippen molar-refractivity contribution in [3.05, 3.63) is 16.0 Å². The van der Waals surface area contributed by atoms with E-state index in [1.165, 1.54) is 11.3 Å². The number of hydrogen-bond acceptors (Lipinski definition) is 4. The van der Waals surface area contributed by atoms with E-state index in [1.54, 1.807) is 0 Å². The number of nitrogens with one attached hydrogen (secondary N) is 1. The van der Waals surface area contributed by atoms with Crippen LogP contribution in [-0.4, -0.2) is 23.4 Å². The number of aryl methyl sites for hydroxylation is 1. The molecule has 2 rings (SSSR count). The molecule has 1 aromatic rings. The van der Waals surface area contributed by atoms with E-state index in [9.17, 15) is 9.59 Å². The van der Waals surface area contributed by atoms with Gasteiger partial charge in [-0.2, -0.15) is 0 Å². The summed E-state index contributed by atoms with van der Waals surface area (Å²) in [6, 6.07) is 0. The molecule has 0 aliphatic heterocycles. The zero-order valence-corrected chi connectivity index (χ0v) is 15.9. The Balaban J connectivity index is 2.45. The summed E-state index contributed by atoms with van der Waals surface area (Å²) in [5.74, 6) is -0.825. The molecule has 0 saturated heterocycles. The number of halogens is 1. The number of hydrogen-bond donors (Lipinski definition) is 1. The van der Waals surface area contributed by atoms with Crippen molar-refractivity contribution in [2.75, 3.05) is 11.2 Å². The molecular formula is C17H24ClNO3S. The monoisotopic (exact) mass is 357 g/mol. The van der Waals surface area contributed by atoms with E-state index in [4.69, 9.17) is 16.3 Å². The standard InChI is InChI=1S/C17H24ClNO3S/c1-16(2,3)22-15(21)13-10-8-17(4,5)7-6-11(10)23-14(13)19-12(20)9-18/h6-9H2,1-5H3,(H,19,20). The van der Waals surface area contributed by atoms with E-state index in [0.29, 0.717) is 10.6 Å². The lowest BCUT2D eigenvalue weighted by atomic mass is 9.76. The molecule has 0 aromatic carbocycles. The summed E-state index contributed by atoms with van der Waals surface area (Å²) < 4.78 is 5.56. The Bertz CT molecular complexity index is 629. The molecule has 1 heterocycles. The predicted molar refractivity (Wildman–Crippen MR) is 94.6 cm³/mol. The van der Waals surface area contributed by atoms with E-state index in [0.717, 1.165) is 29.7 Å². The lowest BCUT2D eigenvalue weighted by Gasteiger charge is -2.30. The molecule has 128 valence electrons. The van der Waals surface area contributed by atoms with Gasteiger partial charge in [0.2, 0.25) is 5.91 Å². The molecule has 1 N–H and O–H groups in total. The minimum Gasteiger partial charge on any atom is -0.456 e. The third-order valence-corrected chi connectivity index (χ3v) is 5.20. The summed E-state index contributed by atoms with van der Waals surface area (Å²) in [6.45, 7) is 9.91. The number of alkyl halides is 1. The van der Waals surface area contributed by atoms with Crippen LogP contribution in [0.5, 0.6) is 0 Å². The lowest BCUT2D eigenvalue weighted by molar-refractivity contribution is -0.113. The van der Waals surface area contributed by atoms with Gasteiger partial charge < -0.3 is 10.1 Å². The Morgan fingerprint density at radius 3 is 2.57 bits per heavy atom. The van der Waals surface area contributed by atoms with Crippen LogP contribution in [0, 0.1) is 5.41 Å². The van der Waals surface area contributed by atoms with E-state index in [-0.39, 0.29) is 23.2 Å². The van der Waals surface area contributed by atoms with Crippen LogP contribution in [-0.2, 0) is 22.4 Å². The second kappa shape index (κ2) is 6.44. The molecule has 0 unspecified atom stereocenters. The summed E-state index contributed by atoms with van der Waals surface area (Å²) in [7, 11) is 0. The van der Waals surface area contributed by atoms with Crippen molar-refractivity contribution in [3.63, 3.8) is 0 Å². The van der Waals surface area contributed by atoms with Crippen molar-refractivity contribution >= 4 is 39.8 Å². The van der Waals surface area contributed by atoms with Crippen molar-refractivity contribution in [1.29, 1.82) is 0 Å². The molecule has 0 bridgehead atoms. The predicted octanol–water partition coefficient (Wildman–Crippen LogP) is 4.40. The van der Waals surface area contributed by atoms with Gasteiger partial charge in [0.1, 0.15) is 16.5 Å². The Morgan fingerprint density at radius 2 is 2.00 bits per heavy atom. The first kappa shape index (κ1) is 18.3. The Morgan fingerprint density at radius 1 is 1.35 bits per heavy atom. The summed E-state index contributed by atoms with van der Waals surface area (Å²) in [4.78, 5) is 25.6. The number of ether oxygens (including phenoxy) is 1. The number of carbonyl (C=O) groups excluding carboxylic acids is 2. The van der Waals surface area contributed by atoms with E-state index in [1.807, 2.05) is 20.8 Å². The quantitative estimate of drug-likeness (QED) is 0.644. The normalized spacial score (nSPS) is 16.6. The molecule has 0 radical (unpaired) electrons. The number of thiophene rings is 1. The van der Waals surface area contributed by atoms with Crippen LogP contribution in [0.25, 0.3) is 0 Å². The van der Waals surface area contributed by atoms with Crippen LogP contribution in [0.15, 0.2) is 0 Å². The third kappa shape index (κ3) is 4.48. The fraction of sp³-hybridized carbons (Fsp3) is 0.647. The number of amides is 1. The largest absolute Gasteiger partial charge is 0.456 e. The van der Waals surface area contributed by atoms with E-state index < -0.39 is 5.60 Å². The maximum Gasteiger partial charge on any atom is 0.341 e. The molecule has 0 saturated carbocycles. The zero-order chi connectivity index (χ0) is 17.4. The van der Waals surface area contributed by atoms with Gasteiger partial charge in [-0.25, -0.2) is 4.79 Å². The SMILES string of the molecule is CC1(C)CCc2sc(NC(=O)CCl)c(C(=O)OC(C)(C)C)c2C1. The summed E-state index contributed by atoms with van der Waals surface area (Å²) >= 11 is 7.06. The van der Waals surface area contributed by atoms with Gasteiger partial charge in [0.25, 0.3) is 0 Å². The van der Waals surface area contributed by atoms with Crippen LogP contribution in [0.3, 0.4) is 0 Å². The van der Waals surface area contributed by atoms with E-state index >= 15 is 0 Å². The zero-order valence-electron chi connectivity index (χ0n) is 14.3. The molecule has 1 amide bonds. The average molecular weight is 358 g/mol. The molecule has 4 nitrogen and oxygen atoms in total. The van der Waals surface area contributed by atoms with Crippen LogP contribution < -0.4 is 5.32 Å². The van der Waals surface area contributed by atoms with Crippen molar-refractivity contribution in [1.82, 2.24) is 0 Å². The Hall–Kier alpha value is -1.07. The first-order valence-electron chi connectivity index (χ1n) is 7.76. The molecule has 23 heavy (non-hydrogen) atoms. The minimum absolute atomic E-state index is 0.137. The van der Waals surface area contributed by atoms with Gasteiger partial charge >= 0.3 is 5.97 Å². The summed E-state index contributed by atoms with van der Waals surface area (Å²) in [5.41, 5.74) is 1.08. The molecule has 1 aliphatic carbocycles. The fourth-order valence-electron chi connectivity index (χ4n) is 2.71. The van der Waals surface area contributed by atoms with Gasteiger partial charge in [0, 0.05) is 4.88 Å². The van der Waals surface area contributed by atoms with Crippen molar-refractivity contribution in [2.24, 2.45) is 5.41 Å². The number of carbonyl (C=O) groups is 2. The van der Waals surface area contributed by atoms with E-state index in [2.05, 4.69) is 19.2 Å². The highest BCUT2D eigenvalue weighted by atomic mass is 35.5. The molecule has 1 aliphatic rings. The molecule has 0 atom stereocenters. The number of fused-ring (bicyclic) bond motifs is 1. The van der Waals surface area contributed by atoms with Crippen molar-refractivity contribution in [2.45, 2.75) is 59.5 Å². The fourth-order valence-corrected chi connectivity index (χ4v) is 4.00. The molecular weight excluding hydrogens is 334 g/mol. The summed E-state index contributed by atoms with van der Waals surface area (Å²) in [6.07, 6.45) is 2.79. The lowest BCUT2D eigenvalue weighted by Crippen LogP contribution is -2.27. The van der Waals surface area contributed by atoms with Gasteiger partial charge in [-0.05, 0) is 51.0 Å².